The van der Waals surface area contributed by atoms with Crippen molar-refractivity contribution in [3.8, 4) is 11.3 Å². The van der Waals surface area contributed by atoms with Gasteiger partial charge in [0.25, 0.3) is 0 Å². The summed E-state index contributed by atoms with van der Waals surface area (Å²) in [4.78, 5) is 15.0. The second-order valence-corrected chi connectivity index (χ2v) is 4.79. The Morgan fingerprint density at radius 2 is 2.05 bits per heavy atom. The lowest BCUT2D eigenvalue weighted by Gasteiger charge is -2.11. The zero-order chi connectivity index (χ0) is 15.2. The number of alkyl halides is 1. The Bertz CT molecular complexity index is 634. The molecular weight excluding hydrogens is 292 g/mol. The average Bonchev–Trinajstić information content (AvgIpc) is 2.53. The van der Waals surface area contributed by atoms with Crippen molar-refractivity contribution in [3.63, 3.8) is 0 Å². The van der Waals surface area contributed by atoms with Gasteiger partial charge in [-0.2, -0.15) is 0 Å². The van der Waals surface area contributed by atoms with Crippen molar-refractivity contribution in [1.82, 2.24) is 4.98 Å². The van der Waals surface area contributed by atoms with Crippen LogP contribution >= 0.6 is 11.6 Å². The summed E-state index contributed by atoms with van der Waals surface area (Å²) in [5, 5.41) is 21.5. The van der Waals surface area contributed by atoms with Crippen molar-refractivity contribution in [3.05, 3.63) is 48.2 Å². The minimum Gasteiger partial charge on any atom is -0.477 e. The fourth-order valence-corrected chi connectivity index (χ4v) is 1.90. The Morgan fingerprint density at radius 3 is 2.76 bits per heavy atom. The highest BCUT2D eigenvalue weighted by molar-refractivity contribution is 6.18. The predicted octanol–water partition coefficient (Wildman–Crippen LogP) is 2.46. The fourth-order valence-electron chi connectivity index (χ4n) is 1.79. The van der Waals surface area contributed by atoms with Crippen LogP contribution in [0.4, 0.5) is 5.69 Å². The molecular formula is C15H15ClN2O3. The number of carbonyl (C=O) groups is 1. The van der Waals surface area contributed by atoms with Crippen molar-refractivity contribution in [1.29, 1.82) is 0 Å². The van der Waals surface area contributed by atoms with E-state index >= 15 is 0 Å². The molecule has 0 aliphatic rings. The van der Waals surface area contributed by atoms with Crippen LogP contribution in [-0.4, -0.2) is 39.7 Å². The zero-order valence-electron chi connectivity index (χ0n) is 11.2. The molecule has 0 aliphatic heterocycles. The van der Waals surface area contributed by atoms with Crippen molar-refractivity contribution in [2.75, 3.05) is 17.7 Å². The SMILES string of the molecule is O=C(O)c1cccc(-c2cccc(NCC(O)CCl)c2)n1. The Hall–Kier alpha value is -2.11. The van der Waals surface area contributed by atoms with Gasteiger partial charge >= 0.3 is 5.97 Å². The van der Waals surface area contributed by atoms with E-state index in [2.05, 4.69) is 10.3 Å². The molecule has 0 spiro atoms. The van der Waals surface area contributed by atoms with Gasteiger partial charge in [-0.25, -0.2) is 9.78 Å². The largest absolute Gasteiger partial charge is 0.477 e. The third-order valence-electron chi connectivity index (χ3n) is 2.85. The quantitative estimate of drug-likeness (QED) is 0.714. The summed E-state index contributed by atoms with van der Waals surface area (Å²) in [5.41, 5.74) is 2.18. The molecule has 6 heteroatoms. The number of nitrogens with zero attached hydrogens (tertiary/aromatic N) is 1. The third kappa shape index (κ3) is 4.18. The number of aliphatic hydroxyl groups excluding tert-OH is 1. The Kier molecular flexibility index (Phi) is 5.14. The number of benzene rings is 1. The van der Waals surface area contributed by atoms with Crippen molar-refractivity contribution in [2.24, 2.45) is 0 Å². The number of nitrogens with one attached hydrogen (secondary N) is 1. The monoisotopic (exact) mass is 306 g/mol. The van der Waals surface area contributed by atoms with Crippen molar-refractivity contribution >= 4 is 23.3 Å². The lowest BCUT2D eigenvalue weighted by Crippen LogP contribution is -2.20. The molecule has 0 amide bonds. The molecule has 5 nitrogen and oxygen atoms in total. The number of halogens is 1. The maximum atomic E-state index is 10.9. The lowest BCUT2D eigenvalue weighted by molar-refractivity contribution is 0.0690. The molecule has 1 aromatic heterocycles. The summed E-state index contributed by atoms with van der Waals surface area (Å²) >= 11 is 5.54. The lowest BCUT2D eigenvalue weighted by atomic mass is 10.1. The number of rotatable bonds is 6. The average molecular weight is 307 g/mol. The van der Waals surface area contributed by atoms with Crippen LogP contribution in [0.15, 0.2) is 42.5 Å². The van der Waals surface area contributed by atoms with Crippen LogP contribution in [0, 0.1) is 0 Å². The molecule has 3 N–H and O–H groups in total. The molecule has 1 aromatic carbocycles. The van der Waals surface area contributed by atoms with Gasteiger partial charge in [0.2, 0.25) is 0 Å². The summed E-state index contributed by atoms with van der Waals surface area (Å²) in [6.07, 6.45) is -0.621. The van der Waals surface area contributed by atoms with Crippen molar-refractivity contribution in [2.45, 2.75) is 6.10 Å². The molecule has 0 aliphatic carbocycles. The van der Waals surface area contributed by atoms with Gasteiger partial charge in [-0.05, 0) is 24.3 Å². The van der Waals surface area contributed by atoms with E-state index in [1.165, 1.54) is 6.07 Å². The number of anilines is 1. The molecule has 1 atom stereocenters. The van der Waals surface area contributed by atoms with Crippen LogP contribution in [-0.2, 0) is 0 Å². The normalized spacial score (nSPS) is 11.9. The molecule has 2 rings (SSSR count). The maximum Gasteiger partial charge on any atom is 0.354 e. The zero-order valence-corrected chi connectivity index (χ0v) is 11.9. The van der Waals surface area contributed by atoms with E-state index in [4.69, 9.17) is 16.7 Å². The number of hydrogen-bond acceptors (Lipinski definition) is 4. The second-order valence-electron chi connectivity index (χ2n) is 4.48. The molecule has 1 heterocycles. The Labute approximate surface area is 127 Å². The van der Waals surface area contributed by atoms with Crippen LogP contribution < -0.4 is 5.32 Å². The minimum absolute atomic E-state index is 0.00317. The van der Waals surface area contributed by atoms with Crippen molar-refractivity contribution < 1.29 is 15.0 Å². The molecule has 110 valence electrons. The Morgan fingerprint density at radius 1 is 1.29 bits per heavy atom. The highest BCUT2D eigenvalue weighted by Gasteiger charge is 2.07. The predicted molar refractivity (Wildman–Crippen MR) is 81.8 cm³/mol. The summed E-state index contributed by atoms with van der Waals surface area (Å²) in [6, 6.07) is 12.2. The van der Waals surface area contributed by atoms with Gasteiger partial charge in [0.05, 0.1) is 17.7 Å². The first-order valence-corrected chi connectivity index (χ1v) is 6.92. The summed E-state index contributed by atoms with van der Waals surface area (Å²) in [6.45, 7) is 0.343. The van der Waals surface area contributed by atoms with E-state index in [9.17, 15) is 9.90 Å². The highest BCUT2D eigenvalue weighted by Crippen LogP contribution is 2.21. The van der Waals surface area contributed by atoms with E-state index in [-0.39, 0.29) is 11.6 Å². The summed E-state index contributed by atoms with van der Waals surface area (Å²) < 4.78 is 0. The van der Waals surface area contributed by atoms with Crippen LogP contribution in [0.25, 0.3) is 11.3 Å². The van der Waals surface area contributed by atoms with Gasteiger partial charge in [-0.15, -0.1) is 11.6 Å². The number of pyridine rings is 1. The number of aromatic carboxylic acids is 1. The first-order chi connectivity index (χ1) is 10.1. The highest BCUT2D eigenvalue weighted by atomic mass is 35.5. The summed E-state index contributed by atoms with van der Waals surface area (Å²) in [7, 11) is 0. The van der Waals surface area contributed by atoms with Crippen LogP contribution in [0.5, 0.6) is 0 Å². The van der Waals surface area contributed by atoms with Crippen LogP contribution in [0.1, 0.15) is 10.5 Å². The van der Waals surface area contributed by atoms with Gasteiger partial charge in [0, 0.05) is 17.8 Å². The minimum atomic E-state index is -1.06. The van der Waals surface area contributed by atoms with Gasteiger partial charge in [-0.1, -0.05) is 18.2 Å². The van der Waals surface area contributed by atoms with Crippen LogP contribution in [0.3, 0.4) is 0 Å². The maximum absolute atomic E-state index is 10.9. The third-order valence-corrected chi connectivity index (χ3v) is 3.20. The molecule has 0 saturated heterocycles. The topological polar surface area (TPSA) is 82.5 Å². The van der Waals surface area contributed by atoms with E-state index in [1.807, 2.05) is 24.3 Å². The summed E-state index contributed by atoms with van der Waals surface area (Å²) in [5.74, 6) is -0.897. The number of aliphatic hydroxyl groups is 1. The van der Waals surface area contributed by atoms with Gasteiger partial charge in [-0.3, -0.25) is 0 Å². The molecule has 1 unspecified atom stereocenters. The number of aromatic nitrogens is 1. The van der Waals surface area contributed by atoms with E-state index in [0.29, 0.717) is 12.2 Å². The standard InChI is InChI=1S/C15H15ClN2O3/c16-8-12(19)9-17-11-4-1-3-10(7-11)13-5-2-6-14(18-13)15(20)21/h1-7,12,17,19H,8-9H2,(H,20,21). The molecule has 0 fully saturated rings. The van der Waals surface area contributed by atoms with E-state index < -0.39 is 12.1 Å². The van der Waals surface area contributed by atoms with E-state index in [0.717, 1.165) is 11.3 Å². The number of hydrogen-bond donors (Lipinski definition) is 3. The fraction of sp³-hybridized carbons (Fsp3) is 0.200. The van der Waals surface area contributed by atoms with E-state index in [1.54, 1.807) is 12.1 Å². The molecule has 2 aromatic rings. The first-order valence-electron chi connectivity index (χ1n) is 6.39. The number of carboxylic acid groups (broad SMARTS) is 1. The number of carboxylic acids is 1. The molecule has 0 bridgehead atoms. The van der Waals surface area contributed by atoms with Gasteiger partial charge < -0.3 is 15.5 Å². The van der Waals surface area contributed by atoms with Gasteiger partial charge in [0.1, 0.15) is 5.69 Å². The molecule has 21 heavy (non-hydrogen) atoms. The second kappa shape index (κ2) is 7.06. The smallest absolute Gasteiger partial charge is 0.354 e. The first kappa shape index (κ1) is 15.3. The Balaban J connectivity index is 2.20. The van der Waals surface area contributed by atoms with Gasteiger partial charge in [0.15, 0.2) is 0 Å². The van der Waals surface area contributed by atoms with Crippen LogP contribution in [0.2, 0.25) is 0 Å². The molecule has 0 radical (unpaired) electrons. The molecule has 0 saturated carbocycles.